The van der Waals surface area contributed by atoms with Gasteiger partial charge in [-0.2, -0.15) is 0 Å². The van der Waals surface area contributed by atoms with Crippen LogP contribution in [0.2, 0.25) is 0 Å². The minimum atomic E-state index is -0.254. The number of rotatable bonds is 4. The standard InChI is InChI=1S/C11H17NOS.ClH/c13-10(11-4-3-9-14-11)5-8-12-6-1-2-7-12;/h3-4,9-10,13H,1-2,5-8H2;1H. The van der Waals surface area contributed by atoms with Crippen LogP contribution in [0, 0.1) is 0 Å². The van der Waals surface area contributed by atoms with Crippen LogP contribution in [-0.4, -0.2) is 29.6 Å². The van der Waals surface area contributed by atoms with Gasteiger partial charge in [0.1, 0.15) is 0 Å². The van der Waals surface area contributed by atoms with Gasteiger partial charge in [0, 0.05) is 11.4 Å². The van der Waals surface area contributed by atoms with Crippen LogP contribution in [0.4, 0.5) is 0 Å². The minimum absolute atomic E-state index is 0. The molecule has 0 bridgehead atoms. The Hall–Kier alpha value is -0.0900. The largest absolute Gasteiger partial charge is 0.388 e. The molecule has 4 heteroatoms. The Morgan fingerprint density at radius 1 is 1.40 bits per heavy atom. The van der Waals surface area contributed by atoms with Crippen molar-refractivity contribution in [2.45, 2.75) is 25.4 Å². The number of nitrogens with zero attached hydrogens (tertiary/aromatic N) is 1. The van der Waals surface area contributed by atoms with E-state index in [9.17, 15) is 5.11 Å². The van der Waals surface area contributed by atoms with Crippen molar-refractivity contribution in [1.82, 2.24) is 4.90 Å². The lowest BCUT2D eigenvalue weighted by Gasteiger charge is -2.16. The lowest BCUT2D eigenvalue weighted by Crippen LogP contribution is -2.21. The zero-order valence-corrected chi connectivity index (χ0v) is 10.4. The number of thiophene rings is 1. The molecule has 0 amide bonds. The molecule has 1 aliphatic rings. The van der Waals surface area contributed by atoms with Crippen LogP contribution >= 0.6 is 23.7 Å². The predicted octanol–water partition coefficient (Wildman–Crippen LogP) is 2.69. The van der Waals surface area contributed by atoms with Gasteiger partial charge >= 0.3 is 0 Å². The van der Waals surface area contributed by atoms with Crippen LogP contribution in [-0.2, 0) is 0 Å². The van der Waals surface area contributed by atoms with Gasteiger partial charge in [0.25, 0.3) is 0 Å². The summed E-state index contributed by atoms with van der Waals surface area (Å²) in [7, 11) is 0. The normalized spacial score (nSPS) is 18.7. The third-order valence-electron chi connectivity index (χ3n) is 2.79. The number of hydrogen-bond donors (Lipinski definition) is 1. The van der Waals surface area contributed by atoms with Crippen LogP contribution in [0.25, 0.3) is 0 Å². The van der Waals surface area contributed by atoms with Crippen molar-refractivity contribution in [3.63, 3.8) is 0 Å². The number of aliphatic hydroxyl groups is 1. The predicted molar refractivity (Wildman–Crippen MR) is 66.8 cm³/mol. The number of aliphatic hydroxyl groups excluding tert-OH is 1. The Kier molecular flexibility index (Phi) is 5.61. The average molecular weight is 248 g/mol. The Morgan fingerprint density at radius 2 is 2.13 bits per heavy atom. The molecular formula is C11H18ClNOS. The van der Waals surface area contributed by atoms with E-state index in [4.69, 9.17) is 0 Å². The summed E-state index contributed by atoms with van der Waals surface area (Å²) in [6, 6.07) is 4.01. The number of likely N-dealkylation sites (tertiary alicyclic amines) is 1. The smallest absolute Gasteiger partial charge is 0.0894 e. The van der Waals surface area contributed by atoms with Gasteiger partial charge in [0.2, 0.25) is 0 Å². The quantitative estimate of drug-likeness (QED) is 0.885. The fraction of sp³-hybridized carbons (Fsp3) is 0.636. The Labute approximate surface area is 101 Å². The summed E-state index contributed by atoms with van der Waals surface area (Å²) < 4.78 is 0. The minimum Gasteiger partial charge on any atom is -0.388 e. The van der Waals surface area contributed by atoms with Crippen molar-refractivity contribution in [2.24, 2.45) is 0 Å². The fourth-order valence-electron chi connectivity index (χ4n) is 1.93. The molecule has 1 fully saturated rings. The van der Waals surface area contributed by atoms with Gasteiger partial charge in [-0.25, -0.2) is 0 Å². The summed E-state index contributed by atoms with van der Waals surface area (Å²) >= 11 is 1.64. The van der Waals surface area contributed by atoms with E-state index >= 15 is 0 Å². The Balaban J connectivity index is 0.00000112. The van der Waals surface area contributed by atoms with E-state index in [1.54, 1.807) is 11.3 Å². The molecule has 0 saturated carbocycles. The second kappa shape index (κ2) is 6.48. The number of halogens is 1. The second-order valence-corrected chi connectivity index (χ2v) is 4.85. The van der Waals surface area contributed by atoms with Gasteiger partial charge in [0.05, 0.1) is 6.10 Å². The van der Waals surface area contributed by atoms with E-state index in [-0.39, 0.29) is 18.5 Å². The van der Waals surface area contributed by atoms with Gasteiger partial charge in [-0.15, -0.1) is 23.7 Å². The van der Waals surface area contributed by atoms with Gasteiger partial charge in [-0.1, -0.05) is 6.07 Å². The molecule has 2 heterocycles. The highest BCUT2D eigenvalue weighted by Gasteiger charge is 2.14. The summed E-state index contributed by atoms with van der Waals surface area (Å²) in [6.45, 7) is 3.48. The Bertz CT molecular complexity index is 260. The van der Waals surface area contributed by atoms with Crippen molar-refractivity contribution >= 4 is 23.7 Å². The fourth-order valence-corrected chi connectivity index (χ4v) is 2.68. The average Bonchev–Trinajstić information content (AvgIpc) is 2.87. The van der Waals surface area contributed by atoms with Gasteiger partial charge in [-0.3, -0.25) is 0 Å². The maximum Gasteiger partial charge on any atom is 0.0894 e. The van der Waals surface area contributed by atoms with Crippen molar-refractivity contribution in [1.29, 1.82) is 0 Å². The van der Waals surface area contributed by atoms with Crippen LogP contribution in [0.5, 0.6) is 0 Å². The van der Waals surface area contributed by atoms with Crippen molar-refractivity contribution in [2.75, 3.05) is 19.6 Å². The van der Waals surface area contributed by atoms with E-state index in [0.717, 1.165) is 17.8 Å². The molecule has 1 aromatic rings. The monoisotopic (exact) mass is 247 g/mol. The topological polar surface area (TPSA) is 23.5 Å². The van der Waals surface area contributed by atoms with Gasteiger partial charge < -0.3 is 10.0 Å². The first kappa shape index (κ1) is 13.0. The third kappa shape index (κ3) is 3.76. The lowest BCUT2D eigenvalue weighted by molar-refractivity contribution is 0.152. The van der Waals surface area contributed by atoms with Crippen LogP contribution in [0.15, 0.2) is 17.5 Å². The van der Waals surface area contributed by atoms with Gasteiger partial charge in [0.15, 0.2) is 0 Å². The zero-order valence-electron chi connectivity index (χ0n) is 8.76. The summed E-state index contributed by atoms with van der Waals surface area (Å²) in [4.78, 5) is 3.54. The number of hydrogen-bond acceptors (Lipinski definition) is 3. The van der Waals surface area contributed by atoms with E-state index in [1.165, 1.54) is 25.9 Å². The van der Waals surface area contributed by atoms with Gasteiger partial charge in [-0.05, 0) is 43.8 Å². The SMILES string of the molecule is Cl.OC(CCN1CCCC1)c1cccs1. The van der Waals surface area contributed by atoms with Crippen LogP contribution < -0.4 is 0 Å². The molecule has 0 radical (unpaired) electrons. The highest BCUT2D eigenvalue weighted by atomic mass is 35.5. The molecule has 1 aliphatic heterocycles. The van der Waals surface area contributed by atoms with Crippen molar-refractivity contribution in [3.05, 3.63) is 22.4 Å². The molecule has 2 rings (SSSR count). The molecular weight excluding hydrogens is 230 g/mol. The van der Waals surface area contributed by atoms with Crippen molar-refractivity contribution in [3.8, 4) is 0 Å². The Morgan fingerprint density at radius 3 is 2.73 bits per heavy atom. The highest BCUT2D eigenvalue weighted by molar-refractivity contribution is 7.10. The lowest BCUT2D eigenvalue weighted by atomic mass is 10.2. The van der Waals surface area contributed by atoms with E-state index in [1.807, 2.05) is 17.5 Å². The second-order valence-electron chi connectivity index (χ2n) is 3.87. The maximum atomic E-state index is 9.85. The first-order chi connectivity index (χ1) is 6.86. The molecule has 1 saturated heterocycles. The molecule has 1 atom stereocenters. The molecule has 86 valence electrons. The summed E-state index contributed by atoms with van der Waals surface area (Å²) in [6.07, 6.45) is 3.28. The third-order valence-corrected chi connectivity index (χ3v) is 3.76. The summed E-state index contributed by atoms with van der Waals surface area (Å²) in [5, 5.41) is 11.9. The molecule has 0 aromatic carbocycles. The molecule has 1 unspecified atom stereocenters. The molecule has 15 heavy (non-hydrogen) atoms. The zero-order chi connectivity index (χ0) is 9.80. The van der Waals surface area contributed by atoms with Crippen LogP contribution in [0.3, 0.4) is 0 Å². The molecule has 1 aromatic heterocycles. The molecule has 2 nitrogen and oxygen atoms in total. The van der Waals surface area contributed by atoms with Crippen molar-refractivity contribution < 1.29 is 5.11 Å². The van der Waals surface area contributed by atoms with E-state index < -0.39 is 0 Å². The van der Waals surface area contributed by atoms with E-state index in [0.29, 0.717) is 0 Å². The van der Waals surface area contributed by atoms with E-state index in [2.05, 4.69) is 4.90 Å². The molecule has 0 spiro atoms. The highest BCUT2D eigenvalue weighted by Crippen LogP contribution is 2.22. The first-order valence-corrected chi connectivity index (χ1v) is 6.18. The summed E-state index contributed by atoms with van der Waals surface area (Å²) in [5.41, 5.74) is 0. The maximum absolute atomic E-state index is 9.85. The molecule has 1 N–H and O–H groups in total. The van der Waals surface area contributed by atoms with Crippen LogP contribution in [0.1, 0.15) is 30.2 Å². The molecule has 0 aliphatic carbocycles. The first-order valence-electron chi connectivity index (χ1n) is 5.30. The summed E-state index contributed by atoms with van der Waals surface area (Å²) in [5.74, 6) is 0.